The van der Waals surface area contributed by atoms with Crippen LogP contribution in [0.4, 0.5) is 0 Å². The fourth-order valence-corrected chi connectivity index (χ4v) is 3.10. The van der Waals surface area contributed by atoms with E-state index in [-0.39, 0.29) is 23.9 Å². The highest BCUT2D eigenvalue weighted by Crippen LogP contribution is 2.37. The van der Waals surface area contributed by atoms with E-state index in [2.05, 4.69) is 5.32 Å². The van der Waals surface area contributed by atoms with Crippen LogP contribution >= 0.6 is 0 Å². The second-order valence-electron chi connectivity index (χ2n) is 6.14. The molecule has 0 radical (unpaired) electrons. The number of rotatable bonds is 4. The van der Waals surface area contributed by atoms with Gasteiger partial charge in [-0.05, 0) is 43.2 Å². The summed E-state index contributed by atoms with van der Waals surface area (Å²) in [5.41, 5.74) is 2.29. The van der Waals surface area contributed by atoms with Crippen LogP contribution in [0, 0.1) is 12.8 Å². The smallest absolute Gasteiger partial charge is 0.246 e. The quantitative estimate of drug-likeness (QED) is 0.920. The highest BCUT2D eigenvalue weighted by molar-refractivity contribution is 5.97. The normalized spacial score (nSPS) is 25.9. The molecule has 2 fully saturated rings. The SMILES string of the molecule is CCC1NC(=O)C(C2CC2)N(Cc2ccccc2C)C1=O. The summed E-state index contributed by atoms with van der Waals surface area (Å²) in [7, 11) is 0. The predicted molar refractivity (Wildman–Crippen MR) is 80.5 cm³/mol. The minimum absolute atomic E-state index is 0.0255. The van der Waals surface area contributed by atoms with Gasteiger partial charge in [-0.3, -0.25) is 9.59 Å². The topological polar surface area (TPSA) is 49.4 Å². The van der Waals surface area contributed by atoms with E-state index in [9.17, 15) is 9.59 Å². The van der Waals surface area contributed by atoms with Crippen molar-refractivity contribution in [1.82, 2.24) is 10.2 Å². The Labute approximate surface area is 125 Å². The fraction of sp³-hybridized carbons (Fsp3) is 0.529. The highest BCUT2D eigenvalue weighted by atomic mass is 16.2. The zero-order valence-corrected chi connectivity index (χ0v) is 12.6. The highest BCUT2D eigenvalue weighted by Gasteiger charge is 2.47. The van der Waals surface area contributed by atoms with Crippen molar-refractivity contribution < 1.29 is 9.59 Å². The molecule has 2 aliphatic rings. The Kier molecular flexibility index (Phi) is 3.70. The molecule has 21 heavy (non-hydrogen) atoms. The van der Waals surface area contributed by atoms with E-state index in [0.717, 1.165) is 18.4 Å². The van der Waals surface area contributed by atoms with Gasteiger partial charge < -0.3 is 10.2 Å². The van der Waals surface area contributed by atoms with Gasteiger partial charge in [-0.2, -0.15) is 0 Å². The molecule has 1 aromatic carbocycles. The van der Waals surface area contributed by atoms with E-state index in [1.165, 1.54) is 5.56 Å². The van der Waals surface area contributed by atoms with Crippen LogP contribution in [0.25, 0.3) is 0 Å². The van der Waals surface area contributed by atoms with Crippen LogP contribution < -0.4 is 5.32 Å². The summed E-state index contributed by atoms with van der Waals surface area (Å²) in [6.45, 7) is 4.52. The third kappa shape index (κ3) is 2.67. The summed E-state index contributed by atoms with van der Waals surface area (Å²) in [5, 5.41) is 2.89. The molecule has 0 bridgehead atoms. The van der Waals surface area contributed by atoms with Gasteiger partial charge in [0.05, 0.1) is 0 Å². The van der Waals surface area contributed by atoms with Crippen LogP contribution in [0.3, 0.4) is 0 Å². The average Bonchev–Trinajstić information content (AvgIpc) is 3.29. The second-order valence-corrected chi connectivity index (χ2v) is 6.14. The lowest BCUT2D eigenvalue weighted by atomic mass is 9.99. The molecule has 1 saturated carbocycles. The Morgan fingerprint density at radius 3 is 2.57 bits per heavy atom. The number of nitrogens with one attached hydrogen (secondary N) is 1. The molecule has 0 aromatic heterocycles. The van der Waals surface area contributed by atoms with Crippen molar-refractivity contribution in [2.75, 3.05) is 0 Å². The molecular weight excluding hydrogens is 264 g/mol. The molecule has 2 amide bonds. The molecule has 0 spiro atoms. The number of carbonyl (C=O) groups excluding carboxylic acids is 2. The van der Waals surface area contributed by atoms with E-state index >= 15 is 0 Å². The maximum Gasteiger partial charge on any atom is 0.246 e. The Morgan fingerprint density at radius 2 is 1.95 bits per heavy atom. The lowest BCUT2D eigenvalue weighted by molar-refractivity contribution is -0.151. The summed E-state index contributed by atoms with van der Waals surface area (Å²) < 4.78 is 0. The van der Waals surface area contributed by atoms with E-state index in [1.807, 2.05) is 43.0 Å². The lowest BCUT2D eigenvalue weighted by Crippen LogP contribution is -2.63. The number of carbonyl (C=O) groups is 2. The molecule has 4 nitrogen and oxygen atoms in total. The van der Waals surface area contributed by atoms with Gasteiger partial charge in [-0.25, -0.2) is 0 Å². The number of hydrogen-bond donors (Lipinski definition) is 1. The first-order valence-corrected chi connectivity index (χ1v) is 7.77. The molecular formula is C17H22N2O2. The first kappa shape index (κ1) is 14.1. The van der Waals surface area contributed by atoms with Crippen LogP contribution in [0.1, 0.15) is 37.3 Å². The standard InChI is InChI=1S/C17H22N2O2/c1-3-14-17(21)19(10-13-7-5-4-6-11(13)2)15(12-8-9-12)16(20)18-14/h4-7,12,14-15H,3,8-10H2,1-2H3,(H,18,20). The van der Waals surface area contributed by atoms with Crippen molar-refractivity contribution in [2.24, 2.45) is 5.92 Å². The largest absolute Gasteiger partial charge is 0.343 e. The third-order valence-corrected chi connectivity index (χ3v) is 4.58. The van der Waals surface area contributed by atoms with Crippen molar-refractivity contribution in [2.45, 2.75) is 51.7 Å². The number of amides is 2. The summed E-state index contributed by atoms with van der Waals surface area (Å²) in [6, 6.07) is 7.43. The van der Waals surface area contributed by atoms with Gasteiger partial charge in [0.2, 0.25) is 11.8 Å². The zero-order valence-electron chi connectivity index (χ0n) is 12.6. The molecule has 3 rings (SSSR count). The molecule has 1 saturated heterocycles. The van der Waals surface area contributed by atoms with Crippen molar-refractivity contribution in [3.63, 3.8) is 0 Å². The lowest BCUT2D eigenvalue weighted by Gasteiger charge is -2.39. The number of hydrogen-bond acceptors (Lipinski definition) is 2. The second kappa shape index (κ2) is 5.51. The first-order chi connectivity index (χ1) is 10.1. The van der Waals surface area contributed by atoms with Crippen molar-refractivity contribution >= 4 is 11.8 Å². The van der Waals surface area contributed by atoms with Gasteiger partial charge in [0.25, 0.3) is 0 Å². The Hall–Kier alpha value is -1.84. The van der Waals surface area contributed by atoms with Gasteiger partial charge in [0.1, 0.15) is 12.1 Å². The molecule has 1 aliphatic heterocycles. The first-order valence-electron chi connectivity index (χ1n) is 7.77. The molecule has 1 N–H and O–H groups in total. The minimum Gasteiger partial charge on any atom is -0.343 e. The van der Waals surface area contributed by atoms with E-state index in [1.54, 1.807) is 0 Å². The zero-order chi connectivity index (χ0) is 15.0. The average molecular weight is 286 g/mol. The number of aryl methyl sites for hydroxylation is 1. The Morgan fingerprint density at radius 1 is 1.24 bits per heavy atom. The molecule has 4 heteroatoms. The van der Waals surface area contributed by atoms with Crippen molar-refractivity contribution in [3.05, 3.63) is 35.4 Å². The Bertz CT molecular complexity index is 566. The van der Waals surface area contributed by atoms with Gasteiger partial charge in [-0.15, -0.1) is 0 Å². The summed E-state index contributed by atoms with van der Waals surface area (Å²) in [6.07, 6.45) is 2.74. The number of nitrogens with zero attached hydrogens (tertiary/aromatic N) is 1. The maximum absolute atomic E-state index is 12.7. The minimum atomic E-state index is -0.364. The van der Waals surface area contributed by atoms with Crippen LogP contribution in [0.5, 0.6) is 0 Å². The number of benzene rings is 1. The van der Waals surface area contributed by atoms with Crippen LogP contribution in [0.15, 0.2) is 24.3 Å². The monoisotopic (exact) mass is 286 g/mol. The van der Waals surface area contributed by atoms with Crippen LogP contribution in [0.2, 0.25) is 0 Å². The summed E-state index contributed by atoms with van der Waals surface area (Å²) >= 11 is 0. The fourth-order valence-electron chi connectivity index (χ4n) is 3.10. The maximum atomic E-state index is 12.7. The van der Waals surface area contributed by atoms with Gasteiger partial charge in [0.15, 0.2) is 0 Å². The third-order valence-electron chi connectivity index (χ3n) is 4.58. The van der Waals surface area contributed by atoms with Gasteiger partial charge in [0, 0.05) is 6.54 Å². The van der Waals surface area contributed by atoms with E-state index < -0.39 is 0 Å². The molecule has 1 aliphatic carbocycles. The predicted octanol–water partition coefficient (Wildman–Crippen LogP) is 2.01. The van der Waals surface area contributed by atoms with Crippen molar-refractivity contribution in [1.29, 1.82) is 0 Å². The molecule has 112 valence electrons. The van der Waals surface area contributed by atoms with Gasteiger partial charge in [-0.1, -0.05) is 31.2 Å². The van der Waals surface area contributed by atoms with E-state index in [4.69, 9.17) is 0 Å². The van der Waals surface area contributed by atoms with Crippen LogP contribution in [-0.2, 0) is 16.1 Å². The number of piperazine rings is 1. The van der Waals surface area contributed by atoms with E-state index in [0.29, 0.717) is 18.9 Å². The molecule has 1 aromatic rings. The van der Waals surface area contributed by atoms with Gasteiger partial charge >= 0.3 is 0 Å². The van der Waals surface area contributed by atoms with Crippen molar-refractivity contribution in [3.8, 4) is 0 Å². The molecule has 2 unspecified atom stereocenters. The molecule has 2 atom stereocenters. The molecule has 1 heterocycles. The van der Waals surface area contributed by atoms with Crippen LogP contribution in [-0.4, -0.2) is 28.8 Å². The summed E-state index contributed by atoms with van der Waals surface area (Å²) in [4.78, 5) is 26.9. The Balaban J connectivity index is 1.89. The summed E-state index contributed by atoms with van der Waals surface area (Å²) in [5.74, 6) is 0.436.